The zero-order chi connectivity index (χ0) is 17.5. The maximum atomic E-state index is 13.0. The van der Waals surface area contributed by atoms with Crippen molar-refractivity contribution in [3.63, 3.8) is 0 Å². The summed E-state index contributed by atoms with van der Waals surface area (Å²) in [5, 5.41) is 16.1. The zero-order valence-electron chi connectivity index (χ0n) is 14.5. The first-order valence-electron chi connectivity index (χ1n) is 9.14. The van der Waals surface area contributed by atoms with Crippen LogP contribution in [0.25, 0.3) is 11.4 Å². The van der Waals surface area contributed by atoms with Crippen molar-refractivity contribution in [2.24, 2.45) is 0 Å². The molecule has 0 fully saturated rings. The van der Waals surface area contributed by atoms with E-state index in [0.717, 1.165) is 54.2 Å². The molecule has 1 N–H and O–H groups in total. The Morgan fingerprint density at radius 2 is 1.88 bits per heavy atom. The first-order valence-corrected chi connectivity index (χ1v) is 9.14. The molecule has 0 bridgehead atoms. The molecule has 132 valence electrons. The highest BCUT2D eigenvalue weighted by atomic mass is 16.2. The minimum absolute atomic E-state index is 0.0000823. The average molecular weight is 348 g/mol. The van der Waals surface area contributed by atoms with E-state index in [1.165, 1.54) is 0 Å². The molecule has 0 unspecified atom stereocenters. The van der Waals surface area contributed by atoms with E-state index in [1.54, 1.807) is 0 Å². The largest absolute Gasteiger partial charge is 0.328 e. The Bertz CT molecular complexity index is 958. The van der Waals surface area contributed by atoms with Crippen molar-refractivity contribution in [1.29, 1.82) is 0 Å². The van der Waals surface area contributed by atoms with Gasteiger partial charge in [0.2, 0.25) is 0 Å². The SMILES string of the molecule is O=C(c1n[nH]c2c1CCCC2)N1CCn2c(nnc2-c2ccccc2)C1. The van der Waals surface area contributed by atoms with Gasteiger partial charge < -0.3 is 9.47 Å². The number of aromatic nitrogens is 5. The second kappa shape index (κ2) is 6.09. The molecule has 2 aromatic heterocycles. The molecule has 0 spiro atoms. The summed E-state index contributed by atoms with van der Waals surface area (Å²) in [5.41, 5.74) is 3.88. The van der Waals surface area contributed by atoms with Gasteiger partial charge in [-0.2, -0.15) is 5.10 Å². The maximum absolute atomic E-state index is 13.0. The number of nitrogens with zero attached hydrogens (tertiary/aromatic N) is 5. The predicted octanol–water partition coefficient (Wildman–Crippen LogP) is 2.20. The lowest BCUT2D eigenvalue weighted by Crippen LogP contribution is -2.39. The van der Waals surface area contributed by atoms with Crippen molar-refractivity contribution < 1.29 is 4.79 Å². The number of fused-ring (bicyclic) bond motifs is 2. The van der Waals surface area contributed by atoms with Crippen LogP contribution in [0.4, 0.5) is 0 Å². The minimum atomic E-state index is -0.0000823. The van der Waals surface area contributed by atoms with E-state index in [-0.39, 0.29) is 5.91 Å². The monoisotopic (exact) mass is 348 g/mol. The van der Waals surface area contributed by atoms with Crippen LogP contribution in [-0.2, 0) is 25.9 Å². The van der Waals surface area contributed by atoms with Gasteiger partial charge in [-0.3, -0.25) is 9.89 Å². The lowest BCUT2D eigenvalue weighted by Gasteiger charge is -2.27. The third-order valence-electron chi connectivity index (χ3n) is 5.33. The Morgan fingerprint density at radius 1 is 1.04 bits per heavy atom. The van der Waals surface area contributed by atoms with Crippen molar-refractivity contribution in [3.05, 3.63) is 53.1 Å². The summed E-state index contributed by atoms with van der Waals surface area (Å²) in [4.78, 5) is 14.8. The number of carbonyl (C=O) groups excluding carboxylic acids is 1. The topological polar surface area (TPSA) is 79.7 Å². The van der Waals surface area contributed by atoms with Crippen LogP contribution in [0.1, 0.15) is 40.4 Å². The number of aromatic amines is 1. The van der Waals surface area contributed by atoms with E-state index in [4.69, 9.17) is 0 Å². The van der Waals surface area contributed by atoms with Gasteiger partial charge >= 0.3 is 0 Å². The van der Waals surface area contributed by atoms with Gasteiger partial charge in [-0.05, 0) is 25.7 Å². The Balaban J connectivity index is 1.40. The molecule has 3 heterocycles. The summed E-state index contributed by atoms with van der Waals surface area (Å²) in [7, 11) is 0. The van der Waals surface area contributed by atoms with Crippen LogP contribution in [0.2, 0.25) is 0 Å². The number of hydrogen-bond donors (Lipinski definition) is 1. The van der Waals surface area contributed by atoms with Crippen LogP contribution in [0, 0.1) is 0 Å². The van der Waals surface area contributed by atoms with Crippen LogP contribution < -0.4 is 0 Å². The van der Waals surface area contributed by atoms with Crippen molar-refractivity contribution in [3.8, 4) is 11.4 Å². The third kappa shape index (κ3) is 2.42. The van der Waals surface area contributed by atoms with E-state index >= 15 is 0 Å². The van der Waals surface area contributed by atoms with Gasteiger partial charge in [0.25, 0.3) is 5.91 Å². The van der Waals surface area contributed by atoms with Crippen LogP contribution in [0.5, 0.6) is 0 Å². The van der Waals surface area contributed by atoms with E-state index in [0.29, 0.717) is 25.3 Å². The van der Waals surface area contributed by atoms with E-state index < -0.39 is 0 Å². The molecule has 1 aliphatic carbocycles. The van der Waals surface area contributed by atoms with E-state index in [9.17, 15) is 4.79 Å². The number of H-pyrrole nitrogens is 1. The van der Waals surface area contributed by atoms with Gasteiger partial charge in [-0.25, -0.2) is 0 Å². The summed E-state index contributed by atoms with van der Waals surface area (Å²) in [5.74, 6) is 1.69. The second-order valence-electron chi connectivity index (χ2n) is 6.92. The van der Waals surface area contributed by atoms with Gasteiger partial charge in [0.1, 0.15) is 0 Å². The van der Waals surface area contributed by atoms with Crippen molar-refractivity contribution >= 4 is 5.91 Å². The van der Waals surface area contributed by atoms with Crippen molar-refractivity contribution in [1.82, 2.24) is 29.9 Å². The molecule has 3 aromatic rings. The fourth-order valence-electron chi connectivity index (χ4n) is 3.94. The number of rotatable bonds is 2. The fraction of sp³-hybridized carbons (Fsp3) is 0.368. The van der Waals surface area contributed by atoms with Gasteiger partial charge in [0, 0.05) is 29.9 Å². The molecule has 1 aliphatic heterocycles. The smallest absolute Gasteiger partial charge is 0.275 e. The lowest BCUT2D eigenvalue weighted by atomic mass is 9.95. The predicted molar refractivity (Wildman–Crippen MR) is 95.4 cm³/mol. The minimum Gasteiger partial charge on any atom is -0.328 e. The molecule has 5 rings (SSSR count). The molecule has 7 nitrogen and oxygen atoms in total. The van der Waals surface area contributed by atoms with Crippen LogP contribution in [0.15, 0.2) is 30.3 Å². The molecule has 0 saturated carbocycles. The van der Waals surface area contributed by atoms with Crippen LogP contribution in [0.3, 0.4) is 0 Å². The summed E-state index contributed by atoms with van der Waals surface area (Å²) >= 11 is 0. The molecule has 0 atom stereocenters. The Kier molecular flexibility index (Phi) is 3.58. The molecule has 26 heavy (non-hydrogen) atoms. The maximum Gasteiger partial charge on any atom is 0.275 e. The van der Waals surface area contributed by atoms with E-state index in [2.05, 4.69) is 25.0 Å². The first-order chi connectivity index (χ1) is 12.8. The Labute approximate surface area is 151 Å². The number of amides is 1. The Hall–Kier alpha value is -2.96. The van der Waals surface area contributed by atoms with Gasteiger partial charge in [0.05, 0.1) is 6.54 Å². The number of hydrogen-bond acceptors (Lipinski definition) is 4. The molecule has 2 aliphatic rings. The number of carbonyl (C=O) groups is 1. The number of aryl methyl sites for hydroxylation is 1. The normalized spacial score (nSPS) is 16.2. The molecule has 7 heteroatoms. The van der Waals surface area contributed by atoms with Crippen LogP contribution in [-0.4, -0.2) is 42.3 Å². The van der Waals surface area contributed by atoms with Crippen molar-refractivity contribution in [2.45, 2.75) is 38.8 Å². The van der Waals surface area contributed by atoms with Crippen LogP contribution >= 0.6 is 0 Å². The standard InChI is InChI=1S/C19H20N6O/c26-19(17-14-8-4-5-9-15(14)20-22-17)24-10-11-25-16(12-24)21-23-18(25)13-6-2-1-3-7-13/h1-3,6-7H,4-5,8-12H2,(H,20,22). The first kappa shape index (κ1) is 15.3. The van der Waals surface area contributed by atoms with Gasteiger partial charge in [-0.1, -0.05) is 30.3 Å². The van der Waals surface area contributed by atoms with E-state index in [1.807, 2.05) is 35.2 Å². The number of benzene rings is 1. The lowest BCUT2D eigenvalue weighted by molar-refractivity contribution is 0.0700. The Morgan fingerprint density at radius 3 is 2.77 bits per heavy atom. The highest BCUT2D eigenvalue weighted by Crippen LogP contribution is 2.25. The third-order valence-corrected chi connectivity index (χ3v) is 5.33. The highest BCUT2D eigenvalue weighted by molar-refractivity contribution is 5.94. The molecular weight excluding hydrogens is 328 g/mol. The second-order valence-corrected chi connectivity index (χ2v) is 6.92. The van der Waals surface area contributed by atoms with Crippen molar-refractivity contribution in [2.75, 3.05) is 6.54 Å². The molecule has 1 amide bonds. The quantitative estimate of drug-likeness (QED) is 0.770. The average Bonchev–Trinajstić information content (AvgIpc) is 3.32. The summed E-state index contributed by atoms with van der Waals surface area (Å²) in [6.07, 6.45) is 4.22. The molecular formula is C19H20N6O. The zero-order valence-corrected chi connectivity index (χ0v) is 14.5. The summed E-state index contributed by atoms with van der Waals surface area (Å²) in [6.45, 7) is 1.82. The van der Waals surface area contributed by atoms with Gasteiger partial charge in [0.15, 0.2) is 17.3 Å². The van der Waals surface area contributed by atoms with Gasteiger partial charge in [-0.15, -0.1) is 10.2 Å². The summed E-state index contributed by atoms with van der Waals surface area (Å²) < 4.78 is 2.11. The molecule has 0 saturated heterocycles. The summed E-state index contributed by atoms with van der Waals surface area (Å²) in [6, 6.07) is 10.0. The molecule has 0 radical (unpaired) electrons. The fourth-order valence-corrected chi connectivity index (χ4v) is 3.94. The number of nitrogens with one attached hydrogen (secondary N) is 1. The highest BCUT2D eigenvalue weighted by Gasteiger charge is 2.29. The molecule has 1 aromatic carbocycles.